The fraction of sp³-hybridized carbons (Fsp3) is 0.565. The molecule has 0 spiro atoms. The van der Waals surface area contributed by atoms with Crippen molar-refractivity contribution in [3.63, 3.8) is 0 Å². The molecule has 6 nitrogen and oxygen atoms in total. The molecule has 3 heterocycles. The molecule has 1 saturated carbocycles. The van der Waals surface area contributed by atoms with E-state index in [0.29, 0.717) is 12.0 Å². The number of pyridine rings is 1. The van der Waals surface area contributed by atoms with E-state index in [1.165, 1.54) is 12.8 Å². The van der Waals surface area contributed by atoms with Crippen molar-refractivity contribution in [3.8, 4) is 0 Å². The summed E-state index contributed by atoms with van der Waals surface area (Å²) in [7, 11) is 0. The highest BCUT2D eigenvalue weighted by Gasteiger charge is 2.32. The Morgan fingerprint density at radius 3 is 2.69 bits per heavy atom. The molecule has 1 aliphatic carbocycles. The maximum atomic E-state index is 6.22. The monoisotopic (exact) mass is 393 g/mol. The van der Waals surface area contributed by atoms with Crippen molar-refractivity contribution in [2.24, 2.45) is 10.7 Å². The molecule has 2 aromatic rings. The van der Waals surface area contributed by atoms with E-state index in [0.717, 1.165) is 46.7 Å². The topological polar surface area (TPSA) is 86.3 Å². The normalized spacial score (nSPS) is 26.0. The van der Waals surface area contributed by atoms with E-state index in [1.807, 2.05) is 19.2 Å². The van der Waals surface area contributed by atoms with Gasteiger partial charge in [0, 0.05) is 35.0 Å². The van der Waals surface area contributed by atoms with Gasteiger partial charge in [0.2, 0.25) is 0 Å². The summed E-state index contributed by atoms with van der Waals surface area (Å²) < 4.78 is 6.22. The molecule has 1 aliphatic heterocycles. The third-order valence-electron chi connectivity index (χ3n) is 5.71. The zero-order chi connectivity index (χ0) is 20.5. The van der Waals surface area contributed by atoms with Crippen LogP contribution in [0.1, 0.15) is 75.5 Å². The second-order valence-electron chi connectivity index (χ2n) is 8.73. The number of nitrogens with two attached hydrogens (primary N) is 1. The molecule has 2 aromatic heterocycles. The minimum atomic E-state index is -0.0801. The maximum Gasteiger partial charge on any atom is 0.163 e. The number of hydrogen-bond acceptors (Lipinski definition) is 6. The average Bonchev–Trinajstić information content (AvgIpc) is 3.51. The summed E-state index contributed by atoms with van der Waals surface area (Å²) in [6.07, 6.45) is 7.61. The molecule has 3 atom stereocenters. The number of rotatable bonds is 5. The van der Waals surface area contributed by atoms with Crippen LogP contribution in [0.4, 0.5) is 0 Å². The number of ether oxygens (including phenoxy) is 1. The third-order valence-corrected chi connectivity index (χ3v) is 5.71. The number of nitrogens with zero attached hydrogens (tertiary/aromatic N) is 4. The minimum absolute atomic E-state index is 0.0801. The summed E-state index contributed by atoms with van der Waals surface area (Å²) in [5, 5.41) is 1.05. The Morgan fingerprint density at radius 2 is 2.00 bits per heavy atom. The molecular weight excluding hydrogens is 362 g/mol. The van der Waals surface area contributed by atoms with Crippen LogP contribution in [0.2, 0.25) is 0 Å². The molecule has 2 fully saturated rings. The van der Waals surface area contributed by atoms with Crippen molar-refractivity contribution in [2.45, 2.75) is 83.5 Å². The van der Waals surface area contributed by atoms with Gasteiger partial charge < -0.3 is 10.5 Å². The average molecular weight is 394 g/mol. The lowest BCUT2D eigenvalue weighted by Gasteiger charge is -2.34. The van der Waals surface area contributed by atoms with Crippen molar-refractivity contribution in [1.29, 1.82) is 0 Å². The highest BCUT2D eigenvalue weighted by molar-refractivity contribution is 5.80. The van der Waals surface area contributed by atoms with E-state index in [-0.39, 0.29) is 18.1 Å². The standard InChI is InChI=1S/C23H31N5O/c1-13(2)21-19-8-5-14(3)26-23(19)28-22(27-21)16-9-15(4)29-20(10-16)17(11-24)12-25-18-6-7-18/h5,8,11-13,15-16,18,20H,6-7,9-10,24H2,1-4H3/b17-11+,25-12?/t15-,16-,20+/m1/s1. The third kappa shape index (κ3) is 4.47. The fourth-order valence-electron chi connectivity index (χ4n) is 3.99. The highest BCUT2D eigenvalue weighted by Crippen LogP contribution is 2.35. The molecular formula is C23H31N5O. The molecule has 0 unspecified atom stereocenters. The summed E-state index contributed by atoms with van der Waals surface area (Å²) in [6, 6.07) is 4.59. The number of aryl methyl sites for hydroxylation is 1. The molecule has 0 radical (unpaired) electrons. The minimum Gasteiger partial charge on any atom is -0.404 e. The van der Waals surface area contributed by atoms with Crippen LogP contribution in [0.5, 0.6) is 0 Å². The molecule has 0 aromatic carbocycles. The zero-order valence-corrected chi connectivity index (χ0v) is 17.8. The first-order chi connectivity index (χ1) is 13.9. The SMILES string of the molecule is Cc1ccc2c(C(C)C)nc([C@@H]3C[C@@H](C)O[C@H](/C(C=NC4CC4)=C/N)C3)nc2n1. The summed E-state index contributed by atoms with van der Waals surface area (Å²) in [5.74, 6) is 1.38. The van der Waals surface area contributed by atoms with Gasteiger partial charge in [0.25, 0.3) is 0 Å². The Balaban J connectivity index is 1.66. The van der Waals surface area contributed by atoms with Gasteiger partial charge in [0.1, 0.15) is 5.82 Å². The van der Waals surface area contributed by atoms with Gasteiger partial charge in [0.05, 0.1) is 23.9 Å². The Hall–Kier alpha value is -2.34. The smallest absolute Gasteiger partial charge is 0.163 e. The van der Waals surface area contributed by atoms with E-state index in [4.69, 9.17) is 20.4 Å². The summed E-state index contributed by atoms with van der Waals surface area (Å²) >= 11 is 0. The predicted octanol–water partition coefficient (Wildman–Crippen LogP) is 4.18. The Labute approximate surface area is 172 Å². The van der Waals surface area contributed by atoms with E-state index in [1.54, 1.807) is 6.20 Å². The largest absolute Gasteiger partial charge is 0.404 e. The molecule has 29 heavy (non-hydrogen) atoms. The lowest BCUT2D eigenvalue weighted by molar-refractivity contribution is -0.0272. The van der Waals surface area contributed by atoms with E-state index >= 15 is 0 Å². The molecule has 2 aliphatic rings. The quantitative estimate of drug-likeness (QED) is 0.770. The van der Waals surface area contributed by atoms with Crippen LogP contribution in [0, 0.1) is 6.92 Å². The van der Waals surface area contributed by atoms with Crippen LogP contribution in [0.3, 0.4) is 0 Å². The van der Waals surface area contributed by atoms with Gasteiger partial charge >= 0.3 is 0 Å². The number of aliphatic imine (C=N–C) groups is 1. The van der Waals surface area contributed by atoms with Gasteiger partial charge in [-0.3, -0.25) is 4.99 Å². The van der Waals surface area contributed by atoms with Crippen molar-refractivity contribution < 1.29 is 4.74 Å². The lowest BCUT2D eigenvalue weighted by atomic mass is 9.88. The highest BCUT2D eigenvalue weighted by atomic mass is 16.5. The Kier molecular flexibility index (Phi) is 5.63. The van der Waals surface area contributed by atoms with Crippen LogP contribution in [-0.2, 0) is 4.74 Å². The van der Waals surface area contributed by atoms with E-state index in [9.17, 15) is 0 Å². The van der Waals surface area contributed by atoms with Crippen LogP contribution >= 0.6 is 0 Å². The summed E-state index contributed by atoms with van der Waals surface area (Å²) in [5.41, 5.74) is 9.70. The number of aromatic nitrogens is 3. The molecule has 2 N–H and O–H groups in total. The van der Waals surface area contributed by atoms with Crippen molar-refractivity contribution in [3.05, 3.63) is 41.1 Å². The summed E-state index contributed by atoms with van der Waals surface area (Å²) in [4.78, 5) is 19.2. The molecule has 1 saturated heterocycles. The van der Waals surface area contributed by atoms with E-state index < -0.39 is 0 Å². The Bertz CT molecular complexity index is 948. The molecule has 4 rings (SSSR count). The van der Waals surface area contributed by atoms with Gasteiger partial charge in [-0.2, -0.15) is 0 Å². The maximum absolute atomic E-state index is 6.22. The van der Waals surface area contributed by atoms with Gasteiger partial charge in [0.15, 0.2) is 5.65 Å². The van der Waals surface area contributed by atoms with E-state index in [2.05, 4.69) is 36.8 Å². The first-order valence-corrected chi connectivity index (χ1v) is 10.7. The van der Waals surface area contributed by atoms with Gasteiger partial charge in [-0.25, -0.2) is 15.0 Å². The van der Waals surface area contributed by atoms with Crippen molar-refractivity contribution in [2.75, 3.05) is 0 Å². The number of fused-ring (bicyclic) bond motifs is 1. The van der Waals surface area contributed by atoms with Gasteiger partial charge in [-0.1, -0.05) is 13.8 Å². The van der Waals surface area contributed by atoms with Gasteiger partial charge in [-0.15, -0.1) is 0 Å². The van der Waals surface area contributed by atoms with Crippen LogP contribution in [-0.4, -0.2) is 39.4 Å². The zero-order valence-electron chi connectivity index (χ0n) is 17.8. The van der Waals surface area contributed by atoms with Crippen molar-refractivity contribution >= 4 is 17.2 Å². The van der Waals surface area contributed by atoms with Crippen LogP contribution in [0.25, 0.3) is 11.0 Å². The predicted molar refractivity (Wildman–Crippen MR) is 116 cm³/mol. The van der Waals surface area contributed by atoms with Crippen molar-refractivity contribution in [1.82, 2.24) is 15.0 Å². The number of hydrogen-bond donors (Lipinski definition) is 1. The van der Waals surface area contributed by atoms with Gasteiger partial charge in [-0.05, 0) is 57.6 Å². The molecule has 0 amide bonds. The second-order valence-corrected chi connectivity index (χ2v) is 8.73. The first-order valence-electron chi connectivity index (χ1n) is 10.7. The Morgan fingerprint density at radius 1 is 1.21 bits per heavy atom. The summed E-state index contributed by atoms with van der Waals surface area (Å²) in [6.45, 7) is 8.45. The fourth-order valence-corrected chi connectivity index (χ4v) is 3.99. The van der Waals surface area contributed by atoms with Crippen LogP contribution in [0.15, 0.2) is 28.9 Å². The molecule has 0 bridgehead atoms. The van der Waals surface area contributed by atoms with Crippen LogP contribution < -0.4 is 5.73 Å². The molecule has 6 heteroatoms. The lowest BCUT2D eigenvalue weighted by Crippen LogP contribution is -2.33. The first kappa shape index (κ1) is 20.0. The molecule has 154 valence electrons. The second kappa shape index (κ2) is 8.19.